The molecular weight excluding hydrogens is 504 g/mol. The summed E-state index contributed by atoms with van der Waals surface area (Å²) >= 11 is 5.50. The van der Waals surface area contributed by atoms with Crippen molar-refractivity contribution >= 4 is 40.6 Å². The molecule has 3 aromatic rings. The SMILES string of the molecule is COC(=O)c1cccc(NC(=S)N[C@H]2CO[C@H]3[C@@H]2OC[C@@H]3Nc2nccc(-c3ccc(N(C)C)cc3)n2)c1. The summed E-state index contributed by atoms with van der Waals surface area (Å²) < 4.78 is 16.9. The molecule has 38 heavy (non-hydrogen) atoms. The van der Waals surface area contributed by atoms with E-state index in [9.17, 15) is 4.79 Å². The predicted octanol–water partition coefficient (Wildman–Crippen LogP) is 2.93. The van der Waals surface area contributed by atoms with Gasteiger partial charge >= 0.3 is 5.97 Å². The van der Waals surface area contributed by atoms with Gasteiger partial charge in [0.25, 0.3) is 0 Å². The van der Waals surface area contributed by atoms with Crippen molar-refractivity contribution in [2.24, 2.45) is 0 Å². The van der Waals surface area contributed by atoms with Gasteiger partial charge in [-0.15, -0.1) is 0 Å². The predicted molar refractivity (Wildman–Crippen MR) is 150 cm³/mol. The first-order valence-electron chi connectivity index (χ1n) is 12.3. The van der Waals surface area contributed by atoms with Crippen molar-refractivity contribution in [3.8, 4) is 11.3 Å². The van der Waals surface area contributed by atoms with Gasteiger partial charge in [0.1, 0.15) is 12.2 Å². The summed E-state index contributed by atoms with van der Waals surface area (Å²) in [4.78, 5) is 23.0. The van der Waals surface area contributed by atoms with Gasteiger partial charge < -0.3 is 35.1 Å². The minimum absolute atomic E-state index is 0.101. The van der Waals surface area contributed by atoms with Crippen LogP contribution in [0.2, 0.25) is 0 Å². The molecule has 2 saturated heterocycles. The highest BCUT2D eigenvalue weighted by Gasteiger charge is 2.48. The first-order valence-corrected chi connectivity index (χ1v) is 12.7. The molecule has 2 fully saturated rings. The third-order valence-electron chi connectivity index (χ3n) is 6.56. The average Bonchev–Trinajstić information content (AvgIpc) is 3.51. The van der Waals surface area contributed by atoms with Gasteiger partial charge in [-0.1, -0.05) is 18.2 Å². The van der Waals surface area contributed by atoms with E-state index in [1.54, 1.807) is 24.4 Å². The Balaban J connectivity index is 1.18. The minimum Gasteiger partial charge on any atom is -0.465 e. The molecule has 0 saturated carbocycles. The zero-order valence-corrected chi connectivity index (χ0v) is 22.2. The van der Waals surface area contributed by atoms with Gasteiger partial charge in [0.05, 0.1) is 43.7 Å². The summed E-state index contributed by atoms with van der Waals surface area (Å²) in [6.07, 6.45) is 1.39. The number of aromatic nitrogens is 2. The maximum Gasteiger partial charge on any atom is 0.337 e. The van der Waals surface area contributed by atoms with E-state index in [2.05, 4.69) is 50.1 Å². The van der Waals surface area contributed by atoms with E-state index in [0.29, 0.717) is 35.5 Å². The van der Waals surface area contributed by atoms with Crippen molar-refractivity contribution < 1.29 is 19.0 Å². The number of benzene rings is 2. The van der Waals surface area contributed by atoms with Gasteiger partial charge in [0.2, 0.25) is 5.95 Å². The maximum absolute atomic E-state index is 11.8. The molecule has 198 valence electrons. The lowest BCUT2D eigenvalue weighted by atomic mass is 10.1. The number of thiocarbonyl (C=S) groups is 1. The number of anilines is 3. The molecule has 2 aliphatic heterocycles. The van der Waals surface area contributed by atoms with Crippen molar-refractivity contribution in [3.05, 3.63) is 66.4 Å². The molecule has 0 aliphatic carbocycles. The van der Waals surface area contributed by atoms with E-state index in [1.165, 1.54) is 7.11 Å². The van der Waals surface area contributed by atoms with Crippen molar-refractivity contribution in [1.82, 2.24) is 15.3 Å². The summed E-state index contributed by atoms with van der Waals surface area (Å²) in [7, 11) is 5.38. The molecule has 0 spiro atoms. The lowest BCUT2D eigenvalue weighted by Crippen LogP contribution is -2.46. The average molecular weight is 535 g/mol. The number of methoxy groups -OCH3 is 1. The number of hydrogen-bond acceptors (Lipinski definition) is 9. The number of nitrogens with zero attached hydrogens (tertiary/aromatic N) is 3. The lowest BCUT2D eigenvalue weighted by molar-refractivity contribution is 0.0601. The fraction of sp³-hybridized carbons (Fsp3) is 0.333. The van der Waals surface area contributed by atoms with Gasteiger partial charge in [0.15, 0.2) is 5.11 Å². The van der Waals surface area contributed by atoms with E-state index < -0.39 is 5.97 Å². The summed E-state index contributed by atoms with van der Waals surface area (Å²) in [5, 5.41) is 10.2. The smallest absolute Gasteiger partial charge is 0.337 e. The molecule has 4 atom stereocenters. The molecule has 0 unspecified atom stereocenters. The fourth-order valence-corrected chi connectivity index (χ4v) is 4.88. The molecule has 3 N–H and O–H groups in total. The number of nitrogens with one attached hydrogen (secondary N) is 3. The van der Waals surface area contributed by atoms with Gasteiger partial charge in [-0.25, -0.2) is 14.8 Å². The quantitative estimate of drug-likeness (QED) is 0.307. The Morgan fingerprint density at radius 3 is 2.53 bits per heavy atom. The van der Waals surface area contributed by atoms with Crippen molar-refractivity contribution in [3.63, 3.8) is 0 Å². The second kappa shape index (κ2) is 11.3. The number of ether oxygens (including phenoxy) is 3. The van der Waals surface area contributed by atoms with Crippen LogP contribution in [0.3, 0.4) is 0 Å². The second-order valence-electron chi connectivity index (χ2n) is 9.33. The van der Waals surface area contributed by atoms with Crippen molar-refractivity contribution in [2.75, 3.05) is 50.0 Å². The van der Waals surface area contributed by atoms with E-state index in [4.69, 9.17) is 31.4 Å². The second-order valence-corrected chi connectivity index (χ2v) is 9.74. The topological polar surface area (TPSA) is 110 Å². The third-order valence-corrected chi connectivity index (χ3v) is 6.78. The van der Waals surface area contributed by atoms with Crippen LogP contribution in [-0.4, -0.2) is 79.8 Å². The normalized spacial score (nSPS) is 21.9. The van der Waals surface area contributed by atoms with Crippen LogP contribution in [0.1, 0.15) is 10.4 Å². The molecule has 5 rings (SSSR count). The highest BCUT2D eigenvalue weighted by molar-refractivity contribution is 7.80. The number of carbonyl (C=O) groups excluding carboxylic acids is 1. The van der Waals surface area contributed by atoms with Crippen LogP contribution in [-0.2, 0) is 14.2 Å². The Morgan fingerprint density at radius 1 is 1.05 bits per heavy atom. The zero-order valence-electron chi connectivity index (χ0n) is 21.4. The summed E-state index contributed by atoms with van der Waals surface area (Å²) in [6, 6.07) is 16.9. The molecule has 0 bridgehead atoms. The summed E-state index contributed by atoms with van der Waals surface area (Å²) in [6.45, 7) is 0.899. The van der Waals surface area contributed by atoms with Crippen LogP contribution in [0, 0.1) is 0 Å². The van der Waals surface area contributed by atoms with Crippen LogP contribution in [0.4, 0.5) is 17.3 Å². The third kappa shape index (κ3) is 5.69. The minimum atomic E-state index is -0.408. The molecule has 3 heterocycles. The number of fused-ring (bicyclic) bond motifs is 1. The Kier molecular flexibility index (Phi) is 7.68. The van der Waals surface area contributed by atoms with Gasteiger partial charge in [-0.2, -0.15) is 0 Å². The van der Waals surface area contributed by atoms with Gasteiger partial charge in [-0.05, 0) is 48.6 Å². The largest absolute Gasteiger partial charge is 0.465 e. The highest BCUT2D eigenvalue weighted by atomic mass is 32.1. The lowest BCUT2D eigenvalue weighted by Gasteiger charge is -2.20. The monoisotopic (exact) mass is 534 g/mol. The van der Waals surface area contributed by atoms with E-state index in [-0.39, 0.29) is 24.3 Å². The molecule has 0 radical (unpaired) electrons. The van der Waals surface area contributed by atoms with Crippen LogP contribution in [0.5, 0.6) is 0 Å². The summed E-state index contributed by atoms with van der Waals surface area (Å²) in [5.41, 5.74) is 4.10. The van der Waals surface area contributed by atoms with Crippen LogP contribution in [0.25, 0.3) is 11.3 Å². The molecule has 2 aromatic carbocycles. The fourth-order valence-electron chi connectivity index (χ4n) is 4.61. The number of hydrogen-bond donors (Lipinski definition) is 3. The number of rotatable bonds is 7. The van der Waals surface area contributed by atoms with Crippen LogP contribution >= 0.6 is 12.2 Å². The van der Waals surface area contributed by atoms with Crippen molar-refractivity contribution in [2.45, 2.75) is 24.3 Å². The molecule has 0 amide bonds. The van der Waals surface area contributed by atoms with E-state index in [0.717, 1.165) is 16.9 Å². The Labute approximate surface area is 226 Å². The molecule has 11 heteroatoms. The molecular formula is C27H30N6O4S. The first kappa shape index (κ1) is 25.8. The maximum atomic E-state index is 11.8. The Morgan fingerprint density at radius 2 is 1.79 bits per heavy atom. The number of carbonyl (C=O) groups is 1. The first-order chi connectivity index (χ1) is 18.4. The molecule has 10 nitrogen and oxygen atoms in total. The Hall–Kier alpha value is -3.80. The van der Waals surface area contributed by atoms with E-state index >= 15 is 0 Å². The molecule has 1 aromatic heterocycles. The van der Waals surface area contributed by atoms with Gasteiger partial charge in [0, 0.05) is 37.2 Å². The molecule has 2 aliphatic rings. The number of esters is 1. The van der Waals surface area contributed by atoms with Crippen molar-refractivity contribution in [1.29, 1.82) is 0 Å². The highest BCUT2D eigenvalue weighted by Crippen LogP contribution is 2.29. The summed E-state index contributed by atoms with van der Waals surface area (Å²) in [5.74, 6) is 0.116. The zero-order chi connectivity index (χ0) is 26.6. The standard InChI is InChI=1S/C27H30N6O4S/c1-33(2)19-9-7-16(8-10-19)20-11-12-28-26(30-20)31-21-14-36-24-22(15-37-23(21)24)32-27(38)29-18-6-4-5-17(13-18)25(34)35-3/h4-13,21-24H,14-15H2,1-3H3,(H,28,30,31)(H2,29,32,38)/t21-,22-,23+,24+/m0/s1. The van der Waals surface area contributed by atoms with E-state index in [1.807, 2.05) is 26.2 Å². The Bertz CT molecular complexity index is 1300. The van der Waals surface area contributed by atoms with Crippen LogP contribution in [0.15, 0.2) is 60.8 Å². The van der Waals surface area contributed by atoms with Gasteiger partial charge in [-0.3, -0.25) is 0 Å². The van der Waals surface area contributed by atoms with Crippen LogP contribution < -0.4 is 20.9 Å².